The number of aliphatic imine (C=N–C) groups is 1. The van der Waals surface area contributed by atoms with Crippen LogP contribution in [0.25, 0.3) is 0 Å². The monoisotopic (exact) mass is 223 g/mol. The van der Waals surface area contributed by atoms with Crippen molar-refractivity contribution in [2.45, 2.75) is 12.1 Å². The fourth-order valence-corrected chi connectivity index (χ4v) is 2.13. The summed E-state index contributed by atoms with van der Waals surface area (Å²) >= 11 is 0. The molecule has 1 aliphatic heterocycles. The van der Waals surface area contributed by atoms with Crippen LogP contribution in [0.3, 0.4) is 0 Å². The largest absolute Gasteiger partial charge is 0.473 e. The average Bonchev–Trinajstić information content (AvgIpc) is 2.90. The highest BCUT2D eigenvalue weighted by Gasteiger charge is 2.28. The zero-order chi connectivity index (χ0) is 11.5. The third-order valence-corrected chi connectivity index (χ3v) is 2.98. The summed E-state index contributed by atoms with van der Waals surface area (Å²) < 4.78 is 5.61. The Morgan fingerprint density at radius 3 is 2.00 bits per heavy atom. The third kappa shape index (κ3) is 1.94. The molecule has 3 rings (SSSR count). The predicted octanol–water partition coefficient (Wildman–Crippen LogP) is 3.53. The maximum Gasteiger partial charge on any atom is 0.171 e. The minimum absolute atomic E-state index is 0.00130. The Kier molecular flexibility index (Phi) is 2.62. The first-order chi connectivity index (χ1) is 8.45. The van der Waals surface area contributed by atoms with Crippen molar-refractivity contribution in [2.75, 3.05) is 0 Å². The third-order valence-electron chi connectivity index (χ3n) is 2.98. The number of rotatable bonds is 2. The van der Waals surface area contributed by atoms with Gasteiger partial charge in [-0.05, 0) is 11.1 Å². The lowest BCUT2D eigenvalue weighted by molar-refractivity contribution is 0.205. The summed E-state index contributed by atoms with van der Waals surface area (Å²) in [5, 5.41) is 0. The smallest absolute Gasteiger partial charge is 0.171 e. The van der Waals surface area contributed by atoms with Crippen molar-refractivity contribution in [1.82, 2.24) is 0 Å². The molecule has 0 aliphatic carbocycles. The Hall–Kier alpha value is -2.09. The summed E-state index contributed by atoms with van der Waals surface area (Å²) in [6.07, 6.45) is 1.56. The lowest BCUT2D eigenvalue weighted by Gasteiger charge is -2.17. The molecular formula is C15H13NO. The number of hydrogen-bond donors (Lipinski definition) is 0. The number of benzene rings is 2. The second-order valence-corrected chi connectivity index (χ2v) is 4.08. The summed E-state index contributed by atoms with van der Waals surface area (Å²) in [5.41, 5.74) is 2.36. The zero-order valence-electron chi connectivity index (χ0n) is 9.36. The van der Waals surface area contributed by atoms with E-state index in [1.165, 1.54) is 11.1 Å². The Labute approximate surface area is 101 Å². The summed E-state index contributed by atoms with van der Waals surface area (Å²) in [6, 6.07) is 20.6. The highest BCUT2D eigenvalue weighted by molar-refractivity contribution is 5.52. The van der Waals surface area contributed by atoms with Crippen LogP contribution in [0.4, 0.5) is 0 Å². The van der Waals surface area contributed by atoms with Crippen molar-refractivity contribution in [3.8, 4) is 0 Å². The molecule has 2 nitrogen and oxygen atoms in total. The van der Waals surface area contributed by atoms with Crippen LogP contribution in [-0.2, 0) is 4.74 Å². The summed E-state index contributed by atoms with van der Waals surface area (Å²) in [4.78, 5) is 4.42. The second-order valence-electron chi connectivity index (χ2n) is 4.08. The van der Waals surface area contributed by atoms with Gasteiger partial charge < -0.3 is 4.74 Å². The van der Waals surface area contributed by atoms with Crippen LogP contribution in [0.2, 0.25) is 0 Å². The van der Waals surface area contributed by atoms with Crippen LogP contribution in [0.5, 0.6) is 0 Å². The van der Waals surface area contributed by atoms with E-state index < -0.39 is 0 Å². The first-order valence-corrected chi connectivity index (χ1v) is 5.72. The summed E-state index contributed by atoms with van der Waals surface area (Å²) in [5.74, 6) is 0. The van der Waals surface area contributed by atoms with Gasteiger partial charge in [0.25, 0.3) is 0 Å². The van der Waals surface area contributed by atoms with Crippen molar-refractivity contribution in [1.29, 1.82) is 0 Å². The van der Waals surface area contributed by atoms with Crippen LogP contribution in [0.1, 0.15) is 23.3 Å². The van der Waals surface area contributed by atoms with Gasteiger partial charge in [-0.15, -0.1) is 0 Å². The van der Waals surface area contributed by atoms with Gasteiger partial charge in [-0.25, -0.2) is 4.99 Å². The maximum absolute atomic E-state index is 5.61. The van der Waals surface area contributed by atoms with Crippen molar-refractivity contribution in [3.63, 3.8) is 0 Å². The quantitative estimate of drug-likeness (QED) is 0.763. The molecule has 1 aliphatic rings. The lowest BCUT2D eigenvalue weighted by Crippen LogP contribution is -2.06. The topological polar surface area (TPSA) is 21.6 Å². The van der Waals surface area contributed by atoms with Crippen LogP contribution >= 0.6 is 0 Å². The number of hydrogen-bond acceptors (Lipinski definition) is 2. The summed E-state index contributed by atoms with van der Waals surface area (Å²) in [7, 11) is 0. The molecule has 2 aromatic rings. The highest BCUT2D eigenvalue weighted by Crippen LogP contribution is 2.37. The van der Waals surface area contributed by atoms with Crippen molar-refractivity contribution in [3.05, 3.63) is 71.8 Å². The second kappa shape index (κ2) is 4.42. The fraction of sp³-hybridized carbons (Fsp3) is 0.133. The van der Waals surface area contributed by atoms with E-state index in [0.29, 0.717) is 0 Å². The molecule has 0 saturated carbocycles. The van der Waals surface area contributed by atoms with Crippen LogP contribution in [-0.4, -0.2) is 6.40 Å². The highest BCUT2D eigenvalue weighted by atomic mass is 16.5. The van der Waals surface area contributed by atoms with Crippen LogP contribution in [0, 0.1) is 0 Å². The van der Waals surface area contributed by atoms with Crippen molar-refractivity contribution < 1.29 is 4.74 Å². The molecule has 0 saturated heterocycles. The predicted molar refractivity (Wildman–Crippen MR) is 67.9 cm³/mol. The molecule has 0 unspecified atom stereocenters. The molecule has 2 atom stereocenters. The summed E-state index contributed by atoms with van der Waals surface area (Å²) in [6.45, 7) is 0. The SMILES string of the molecule is C1=N[C@@H](c2ccccc2)[C@H](c2ccccc2)O1. The minimum atomic E-state index is -0.00130. The van der Waals surface area contributed by atoms with E-state index in [9.17, 15) is 0 Å². The Morgan fingerprint density at radius 2 is 1.35 bits per heavy atom. The van der Waals surface area contributed by atoms with Crippen LogP contribution < -0.4 is 0 Å². The van der Waals surface area contributed by atoms with Gasteiger partial charge in [-0.2, -0.15) is 0 Å². The van der Waals surface area contributed by atoms with Crippen molar-refractivity contribution >= 4 is 6.40 Å². The molecule has 84 valence electrons. The first-order valence-electron chi connectivity index (χ1n) is 5.72. The van der Waals surface area contributed by atoms with Gasteiger partial charge in [0, 0.05) is 0 Å². The molecule has 0 fully saturated rings. The van der Waals surface area contributed by atoms with E-state index in [1.807, 2.05) is 36.4 Å². The van der Waals surface area contributed by atoms with E-state index in [1.54, 1.807) is 6.40 Å². The van der Waals surface area contributed by atoms with Gasteiger partial charge >= 0.3 is 0 Å². The van der Waals surface area contributed by atoms with Crippen LogP contribution in [0.15, 0.2) is 65.7 Å². The fourth-order valence-electron chi connectivity index (χ4n) is 2.13. The molecule has 0 spiro atoms. The lowest BCUT2D eigenvalue weighted by atomic mass is 9.97. The van der Waals surface area contributed by atoms with Crippen molar-refractivity contribution in [2.24, 2.45) is 4.99 Å². The van der Waals surface area contributed by atoms with Gasteiger partial charge in [0.1, 0.15) is 6.04 Å². The maximum atomic E-state index is 5.61. The number of ether oxygens (including phenoxy) is 1. The van der Waals surface area contributed by atoms with E-state index in [2.05, 4.69) is 29.3 Å². The van der Waals surface area contributed by atoms with Gasteiger partial charge in [-0.3, -0.25) is 0 Å². The Bertz CT molecular complexity index is 507. The molecule has 1 heterocycles. The minimum Gasteiger partial charge on any atom is -0.473 e. The molecule has 0 bridgehead atoms. The molecular weight excluding hydrogens is 210 g/mol. The van der Waals surface area contributed by atoms with Gasteiger partial charge in [0.15, 0.2) is 12.5 Å². The first kappa shape index (κ1) is 10.1. The van der Waals surface area contributed by atoms with E-state index in [-0.39, 0.29) is 12.1 Å². The Morgan fingerprint density at radius 1 is 0.765 bits per heavy atom. The molecule has 17 heavy (non-hydrogen) atoms. The molecule has 0 N–H and O–H groups in total. The average molecular weight is 223 g/mol. The number of nitrogens with zero attached hydrogens (tertiary/aromatic N) is 1. The van der Waals surface area contributed by atoms with E-state index >= 15 is 0 Å². The standard InChI is InChI=1S/C15H13NO/c1-3-7-12(8-4-1)14-15(17-11-16-14)13-9-5-2-6-10-13/h1-11,14-15H/t14-,15-/m0/s1. The van der Waals surface area contributed by atoms with Gasteiger partial charge in [0.05, 0.1) is 0 Å². The molecule has 0 aromatic heterocycles. The molecule has 2 aromatic carbocycles. The molecule has 0 amide bonds. The molecule has 2 heteroatoms. The van der Waals surface area contributed by atoms with E-state index in [4.69, 9.17) is 4.74 Å². The van der Waals surface area contributed by atoms with Gasteiger partial charge in [0.2, 0.25) is 0 Å². The van der Waals surface area contributed by atoms with Gasteiger partial charge in [-0.1, -0.05) is 60.7 Å². The van der Waals surface area contributed by atoms with E-state index in [0.717, 1.165) is 0 Å². The zero-order valence-corrected chi connectivity index (χ0v) is 9.36. The molecule has 0 radical (unpaired) electrons. The Balaban J connectivity index is 1.93. The normalized spacial score (nSPS) is 22.4.